The van der Waals surface area contributed by atoms with Crippen molar-refractivity contribution in [3.63, 3.8) is 0 Å². The second-order valence-corrected chi connectivity index (χ2v) is 1.84. The Hall–Kier alpha value is -1.23. The van der Waals surface area contributed by atoms with Gasteiger partial charge in [-0.15, -0.1) is 5.10 Å². The van der Waals surface area contributed by atoms with E-state index in [0.717, 1.165) is 4.68 Å². The molecule has 1 heterocycles. The van der Waals surface area contributed by atoms with E-state index in [-0.39, 0.29) is 5.56 Å². The van der Waals surface area contributed by atoms with Gasteiger partial charge in [0.15, 0.2) is 0 Å². The van der Waals surface area contributed by atoms with E-state index < -0.39 is 6.23 Å². The highest BCUT2D eigenvalue weighted by atomic mass is 16.3. The van der Waals surface area contributed by atoms with Crippen LogP contribution in [0.5, 0.6) is 0 Å². The molecule has 1 aromatic heterocycles. The molecule has 0 bridgehead atoms. The van der Waals surface area contributed by atoms with Gasteiger partial charge in [-0.2, -0.15) is 4.68 Å². The first kappa shape index (κ1) is 6.88. The zero-order valence-corrected chi connectivity index (χ0v) is 5.43. The summed E-state index contributed by atoms with van der Waals surface area (Å²) in [6.07, 6.45) is 0.363. The van der Waals surface area contributed by atoms with Gasteiger partial charge in [-0.05, 0) is 6.92 Å². The second-order valence-electron chi connectivity index (χ2n) is 1.84. The first-order valence-corrected chi connectivity index (χ1v) is 2.80. The van der Waals surface area contributed by atoms with E-state index in [1.165, 1.54) is 19.2 Å². The lowest BCUT2D eigenvalue weighted by Crippen LogP contribution is -2.25. The lowest BCUT2D eigenvalue weighted by molar-refractivity contribution is 0.101. The van der Waals surface area contributed by atoms with Gasteiger partial charge in [-0.3, -0.25) is 4.79 Å². The molecule has 1 atom stereocenters. The zero-order chi connectivity index (χ0) is 7.56. The molecule has 0 aliphatic carbocycles. The summed E-state index contributed by atoms with van der Waals surface area (Å²) in [5.74, 6) is 0. The predicted octanol–water partition coefficient (Wildman–Crippen LogP) is -0.851. The van der Waals surface area contributed by atoms with Gasteiger partial charge in [0, 0.05) is 6.07 Å². The van der Waals surface area contributed by atoms with Crippen molar-refractivity contribution >= 4 is 0 Å². The molecule has 5 nitrogen and oxygen atoms in total. The van der Waals surface area contributed by atoms with E-state index in [1.807, 2.05) is 0 Å². The minimum atomic E-state index is -0.916. The van der Waals surface area contributed by atoms with Gasteiger partial charge < -0.3 is 5.11 Å². The van der Waals surface area contributed by atoms with Gasteiger partial charge >= 0.3 is 0 Å². The molecule has 0 amide bonds. The zero-order valence-electron chi connectivity index (χ0n) is 5.43. The van der Waals surface area contributed by atoms with Gasteiger partial charge in [0.1, 0.15) is 6.23 Å². The van der Waals surface area contributed by atoms with E-state index in [0.29, 0.717) is 0 Å². The molecule has 0 aromatic carbocycles. The van der Waals surface area contributed by atoms with E-state index >= 15 is 0 Å². The topological polar surface area (TPSA) is 68.0 Å². The van der Waals surface area contributed by atoms with Crippen molar-refractivity contribution in [2.24, 2.45) is 0 Å². The SMILES string of the molecule is CC(O)n1nnccc1=O. The Morgan fingerprint density at radius 2 is 2.50 bits per heavy atom. The second kappa shape index (κ2) is 2.57. The molecule has 0 aliphatic rings. The number of hydrogen-bond acceptors (Lipinski definition) is 4. The van der Waals surface area contributed by atoms with Crippen molar-refractivity contribution in [1.29, 1.82) is 0 Å². The minimum absolute atomic E-state index is 0.356. The largest absolute Gasteiger partial charge is 0.372 e. The third-order valence-corrected chi connectivity index (χ3v) is 1.01. The molecule has 0 spiro atoms. The summed E-state index contributed by atoms with van der Waals surface area (Å²) < 4.78 is 0.889. The lowest BCUT2D eigenvalue weighted by atomic mass is 10.6. The quantitative estimate of drug-likeness (QED) is 0.553. The highest BCUT2D eigenvalue weighted by Gasteiger charge is 2.00. The fraction of sp³-hybridized carbons (Fsp3) is 0.400. The summed E-state index contributed by atoms with van der Waals surface area (Å²) in [6.45, 7) is 1.44. The standard InChI is InChI=1S/C5H7N3O2/c1-4(9)8-5(10)2-3-6-7-8/h2-4,9H,1H3. The van der Waals surface area contributed by atoms with Crippen molar-refractivity contribution in [3.8, 4) is 0 Å². The van der Waals surface area contributed by atoms with Gasteiger partial charge in [0.2, 0.25) is 0 Å². The van der Waals surface area contributed by atoms with Crippen LogP contribution in [0.4, 0.5) is 0 Å². The molecule has 1 aromatic rings. The maximum Gasteiger partial charge on any atom is 0.272 e. The molecule has 0 radical (unpaired) electrons. The Kier molecular flexibility index (Phi) is 1.77. The number of rotatable bonds is 1. The fourth-order valence-electron chi connectivity index (χ4n) is 0.562. The molecule has 1 unspecified atom stereocenters. The summed E-state index contributed by atoms with van der Waals surface area (Å²) in [7, 11) is 0. The molecule has 1 rings (SSSR count). The molecular weight excluding hydrogens is 134 g/mol. The van der Waals surface area contributed by atoms with E-state index in [4.69, 9.17) is 5.11 Å². The Morgan fingerprint density at radius 1 is 1.80 bits per heavy atom. The van der Waals surface area contributed by atoms with Crippen molar-refractivity contribution in [3.05, 3.63) is 22.6 Å². The number of nitrogens with zero attached hydrogens (tertiary/aromatic N) is 3. The van der Waals surface area contributed by atoms with Gasteiger partial charge in [0.25, 0.3) is 5.56 Å². The summed E-state index contributed by atoms with van der Waals surface area (Å²) in [6, 6.07) is 1.24. The molecule has 0 aliphatic heterocycles. The number of hydrogen-bond donors (Lipinski definition) is 1. The van der Waals surface area contributed by atoms with Crippen LogP contribution < -0.4 is 5.56 Å². The molecular formula is C5H7N3O2. The molecule has 5 heteroatoms. The van der Waals surface area contributed by atoms with Crippen molar-refractivity contribution in [2.75, 3.05) is 0 Å². The van der Waals surface area contributed by atoms with Crippen LogP contribution >= 0.6 is 0 Å². The van der Waals surface area contributed by atoms with Crippen LogP contribution in [0.3, 0.4) is 0 Å². The fourth-order valence-corrected chi connectivity index (χ4v) is 0.562. The number of aliphatic hydroxyl groups excluding tert-OH is 1. The third-order valence-electron chi connectivity index (χ3n) is 1.01. The average Bonchev–Trinajstić information content (AvgIpc) is 1.88. The summed E-state index contributed by atoms with van der Waals surface area (Å²) >= 11 is 0. The Bertz CT molecular complexity index is 268. The molecule has 54 valence electrons. The Labute approximate surface area is 56.9 Å². The minimum Gasteiger partial charge on any atom is -0.372 e. The highest BCUT2D eigenvalue weighted by molar-refractivity contribution is 4.76. The maximum atomic E-state index is 10.8. The molecule has 10 heavy (non-hydrogen) atoms. The van der Waals surface area contributed by atoms with E-state index in [2.05, 4.69) is 10.3 Å². The maximum absolute atomic E-state index is 10.8. The molecule has 0 fully saturated rings. The molecule has 0 saturated heterocycles. The van der Waals surface area contributed by atoms with Crippen LogP contribution in [0.15, 0.2) is 17.1 Å². The smallest absolute Gasteiger partial charge is 0.272 e. The monoisotopic (exact) mass is 141 g/mol. The summed E-state index contributed by atoms with van der Waals surface area (Å²) in [4.78, 5) is 10.8. The normalized spacial score (nSPS) is 13.0. The van der Waals surface area contributed by atoms with Crippen LogP contribution in [0.2, 0.25) is 0 Å². The number of aromatic nitrogens is 3. The Morgan fingerprint density at radius 3 is 2.90 bits per heavy atom. The lowest BCUT2D eigenvalue weighted by Gasteiger charge is -2.02. The predicted molar refractivity (Wildman–Crippen MR) is 33.2 cm³/mol. The molecule has 0 saturated carbocycles. The van der Waals surface area contributed by atoms with Crippen molar-refractivity contribution < 1.29 is 5.11 Å². The number of aliphatic hydroxyl groups is 1. The van der Waals surface area contributed by atoms with Crippen LogP contribution in [-0.2, 0) is 0 Å². The average molecular weight is 141 g/mol. The van der Waals surface area contributed by atoms with E-state index in [9.17, 15) is 4.79 Å². The molecule has 1 N–H and O–H groups in total. The van der Waals surface area contributed by atoms with Crippen molar-refractivity contribution in [2.45, 2.75) is 13.2 Å². The van der Waals surface area contributed by atoms with Gasteiger partial charge in [-0.25, -0.2) is 0 Å². The van der Waals surface area contributed by atoms with Crippen LogP contribution in [0.25, 0.3) is 0 Å². The highest BCUT2D eigenvalue weighted by Crippen LogP contribution is 1.87. The Balaban J connectivity index is 3.16. The van der Waals surface area contributed by atoms with Crippen LogP contribution in [0, 0.1) is 0 Å². The third kappa shape index (κ3) is 1.19. The van der Waals surface area contributed by atoms with Crippen LogP contribution in [0.1, 0.15) is 13.2 Å². The van der Waals surface area contributed by atoms with Crippen molar-refractivity contribution in [1.82, 2.24) is 15.0 Å². The first-order chi connectivity index (χ1) is 4.72. The van der Waals surface area contributed by atoms with Gasteiger partial charge in [0.05, 0.1) is 6.20 Å². The first-order valence-electron chi connectivity index (χ1n) is 2.80. The van der Waals surface area contributed by atoms with E-state index in [1.54, 1.807) is 0 Å². The van der Waals surface area contributed by atoms with Crippen LogP contribution in [-0.4, -0.2) is 20.1 Å². The van der Waals surface area contributed by atoms with Gasteiger partial charge in [-0.1, -0.05) is 5.21 Å². The summed E-state index contributed by atoms with van der Waals surface area (Å²) in [5, 5.41) is 15.7. The summed E-state index contributed by atoms with van der Waals surface area (Å²) in [5.41, 5.74) is -0.356.